The third-order valence-electron chi connectivity index (χ3n) is 4.53. The number of benzene rings is 2. The van der Waals surface area contributed by atoms with Gasteiger partial charge in [-0.05, 0) is 37.1 Å². The van der Waals surface area contributed by atoms with E-state index in [0.29, 0.717) is 17.8 Å². The van der Waals surface area contributed by atoms with E-state index in [-0.39, 0.29) is 0 Å². The highest BCUT2D eigenvalue weighted by Gasteiger charge is 2.14. The van der Waals surface area contributed by atoms with Gasteiger partial charge in [-0.1, -0.05) is 63.1 Å². The average Bonchev–Trinajstić information content (AvgIpc) is 2.75. The molecule has 0 saturated carbocycles. The lowest BCUT2D eigenvalue weighted by Crippen LogP contribution is -2.28. The minimum Gasteiger partial charge on any atom is -0.341 e. The molecule has 3 rings (SSSR count). The van der Waals surface area contributed by atoms with Crippen LogP contribution in [0.15, 0.2) is 60.7 Å². The molecule has 0 unspecified atom stereocenters. The summed E-state index contributed by atoms with van der Waals surface area (Å²) in [6, 6.07) is 19.9. The first-order valence-electron chi connectivity index (χ1n) is 10.4. The van der Waals surface area contributed by atoms with Gasteiger partial charge in [0.05, 0.1) is 0 Å². The molecule has 2 aromatic carbocycles. The third-order valence-corrected chi connectivity index (χ3v) is 4.53. The molecule has 1 heterocycles. The highest BCUT2D eigenvalue weighted by Crippen LogP contribution is 2.21. The minimum atomic E-state index is 0.539. The van der Waals surface area contributed by atoms with Crippen LogP contribution in [-0.2, 0) is 0 Å². The normalized spacial score (nSPS) is 10.6. The molecule has 0 spiro atoms. The van der Waals surface area contributed by atoms with E-state index in [1.807, 2.05) is 60.7 Å². The molecule has 0 aliphatic heterocycles. The second kappa shape index (κ2) is 11.0. The smallest absolute Gasteiger partial charge is 0.233 e. The van der Waals surface area contributed by atoms with Gasteiger partial charge in [-0.25, -0.2) is 0 Å². The summed E-state index contributed by atoms with van der Waals surface area (Å²) >= 11 is 0. The number of anilines is 5. The van der Waals surface area contributed by atoms with Gasteiger partial charge in [-0.2, -0.15) is 15.0 Å². The molecule has 6 nitrogen and oxygen atoms in total. The number of nitrogens with zero attached hydrogens (tertiary/aromatic N) is 4. The fourth-order valence-electron chi connectivity index (χ4n) is 2.93. The van der Waals surface area contributed by atoms with Crippen molar-refractivity contribution in [1.29, 1.82) is 0 Å². The van der Waals surface area contributed by atoms with E-state index in [1.54, 1.807) is 0 Å². The predicted octanol–water partition coefficient (Wildman–Crippen LogP) is 5.77. The number of rotatable bonds is 11. The van der Waals surface area contributed by atoms with Gasteiger partial charge in [-0.15, -0.1) is 0 Å². The van der Waals surface area contributed by atoms with Crippen molar-refractivity contribution >= 4 is 29.2 Å². The fraction of sp³-hybridized carbons (Fsp3) is 0.348. The Kier molecular flexibility index (Phi) is 7.81. The highest BCUT2D eigenvalue weighted by molar-refractivity contribution is 5.59. The number of hydrogen-bond donors (Lipinski definition) is 2. The van der Waals surface area contributed by atoms with E-state index in [2.05, 4.69) is 34.4 Å². The number of nitrogens with one attached hydrogen (secondary N) is 2. The van der Waals surface area contributed by atoms with Crippen molar-refractivity contribution in [2.45, 2.75) is 39.5 Å². The molecule has 6 heteroatoms. The molecule has 3 aromatic rings. The lowest BCUT2D eigenvalue weighted by atomic mass is 10.3. The number of unbranched alkanes of at least 4 members (excludes halogenated alkanes) is 2. The van der Waals surface area contributed by atoms with Crippen LogP contribution >= 0.6 is 0 Å². The van der Waals surface area contributed by atoms with E-state index in [9.17, 15) is 0 Å². The summed E-state index contributed by atoms with van der Waals surface area (Å²) < 4.78 is 0. The summed E-state index contributed by atoms with van der Waals surface area (Å²) in [4.78, 5) is 16.3. The van der Waals surface area contributed by atoms with Crippen LogP contribution in [-0.4, -0.2) is 28.0 Å². The molecule has 0 atom stereocenters. The Labute approximate surface area is 173 Å². The van der Waals surface area contributed by atoms with Gasteiger partial charge in [0.1, 0.15) is 0 Å². The van der Waals surface area contributed by atoms with E-state index in [0.717, 1.165) is 50.1 Å². The minimum absolute atomic E-state index is 0.539. The molecule has 0 amide bonds. The monoisotopic (exact) mass is 390 g/mol. The summed E-state index contributed by atoms with van der Waals surface area (Å²) in [5.74, 6) is 1.79. The predicted molar refractivity (Wildman–Crippen MR) is 121 cm³/mol. The Bertz CT molecular complexity index is 786. The van der Waals surface area contributed by atoms with Crippen molar-refractivity contribution in [1.82, 2.24) is 15.0 Å². The maximum atomic E-state index is 4.73. The van der Waals surface area contributed by atoms with Crippen LogP contribution in [0.3, 0.4) is 0 Å². The van der Waals surface area contributed by atoms with Crippen LogP contribution in [0.25, 0.3) is 0 Å². The van der Waals surface area contributed by atoms with Gasteiger partial charge >= 0.3 is 0 Å². The van der Waals surface area contributed by atoms with Crippen molar-refractivity contribution in [2.24, 2.45) is 0 Å². The number of hydrogen-bond acceptors (Lipinski definition) is 6. The Morgan fingerprint density at radius 3 is 1.52 bits per heavy atom. The van der Waals surface area contributed by atoms with Gasteiger partial charge in [-0.3, -0.25) is 0 Å². The SMILES string of the molecule is CCCCN(CCCC)c1nc(Nc2ccccc2)nc(Nc2ccccc2)n1. The van der Waals surface area contributed by atoms with Crippen molar-refractivity contribution < 1.29 is 0 Å². The number of aromatic nitrogens is 3. The molecule has 0 saturated heterocycles. The topological polar surface area (TPSA) is 66.0 Å². The second-order valence-electron chi connectivity index (χ2n) is 6.96. The average molecular weight is 391 g/mol. The Morgan fingerprint density at radius 1 is 0.655 bits per heavy atom. The van der Waals surface area contributed by atoms with Crippen LogP contribution in [0.1, 0.15) is 39.5 Å². The molecule has 152 valence electrons. The second-order valence-corrected chi connectivity index (χ2v) is 6.96. The van der Waals surface area contributed by atoms with Crippen molar-refractivity contribution in [3.05, 3.63) is 60.7 Å². The fourth-order valence-corrected chi connectivity index (χ4v) is 2.93. The molecule has 29 heavy (non-hydrogen) atoms. The van der Waals surface area contributed by atoms with Crippen LogP contribution in [0.2, 0.25) is 0 Å². The van der Waals surface area contributed by atoms with Crippen LogP contribution in [0.4, 0.5) is 29.2 Å². The van der Waals surface area contributed by atoms with Gasteiger partial charge in [0.2, 0.25) is 17.8 Å². The molecule has 0 aliphatic rings. The van der Waals surface area contributed by atoms with E-state index >= 15 is 0 Å². The first-order chi connectivity index (χ1) is 14.3. The number of para-hydroxylation sites is 2. The largest absolute Gasteiger partial charge is 0.341 e. The molecular formula is C23H30N6. The zero-order valence-electron chi connectivity index (χ0n) is 17.3. The summed E-state index contributed by atoms with van der Waals surface area (Å²) in [6.45, 7) is 6.29. The summed E-state index contributed by atoms with van der Waals surface area (Å²) in [6.07, 6.45) is 4.49. The quantitative estimate of drug-likeness (QED) is 0.433. The third kappa shape index (κ3) is 6.45. The van der Waals surface area contributed by atoms with Crippen LogP contribution in [0, 0.1) is 0 Å². The first-order valence-corrected chi connectivity index (χ1v) is 10.4. The molecular weight excluding hydrogens is 360 g/mol. The standard InChI is InChI=1S/C23H30N6/c1-3-5-17-29(18-6-4-2)23-27-21(24-19-13-9-7-10-14-19)26-22(28-23)25-20-15-11-8-12-16-20/h7-16H,3-6,17-18H2,1-2H3,(H2,24,25,26,27,28). The zero-order valence-corrected chi connectivity index (χ0v) is 17.3. The molecule has 0 aliphatic carbocycles. The molecule has 2 N–H and O–H groups in total. The van der Waals surface area contributed by atoms with Gasteiger partial charge in [0, 0.05) is 24.5 Å². The van der Waals surface area contributed by atoms with Crippen molar-refractivity contribution in [2.75, 3.05) is 28.6 Å². The zero-order chi connectivity index (χ0) is 20.3. The Hall–Kier alpha value is -3.15. The first kappa shape index (κ1) is 20.6. The van der Waals surface area contributed by atoms with E-state index in [4.69, 9.17) is 9.97 Å². The maximum absolute atomic E-state index is 4.73. The van der Waals surface area contributed by atoms with E-state index < -0.39 is 0 Å². The summed E-state index contributed by atoms with van der Waals surface area (Å²) in [7, 11) is 0. The summed E-state index contributed by atoms with van der Waals surface area (Å²) in [5.41, 5.74) is 1.90. The molecule has 0 bridgehead atoms. The van der Waals surface area contributed by atoms with Gasteiger partial charge < -0.3 is 15.5 Å². The van der Waals surface area contributed by atoms with Crippen molar-refractivity contribution in [3.8, 4) is 0 Å². The lowest BCUT2D eigenvalue weighted by Gasteiger charge is -2.23. The highest BCUT2D eigenvalue weighted by atomic mass is 15.3. The van der Waals surface area contributed by atoms with E-state index in [1.165, 1.54) is 0 Å². The molecule has 0 radical (unpaired) electrons. The molecule has 0 fully saturated rings. The van der Waals surface area contributed by atoms with Crippen LogP contribution < -0.4 is 15.5 Å². The van der Waals surface area contributed by atoms with Crippen LogP contribution in [0.5, 0.6) is 0 Å². The molecule has 1 aromatic heterocycles. The Balaban J connectivity index is 1.91. The maximum Gasteiger partial charge on any atom is 0.233 e. The van der Waals surface area contributed by atoms with Crippen molar-refractivity contribution in [3.63, 3.8) is 0 Å². The van der Waals surface area contributed by atoms with Gasteiger partial charge in [0.15, 0.2) is 0 Å². The Morgan fingerprint density at radius 2 is 1.10 bits per heavy atom. The lowest BCUT2D eigenvalue weighted by molar-refractivity contribution is 0.662. The van der Waals surface area contributed by atoms with Gasteiger partial charge in [0.25, 0.3) is 0 Å². The summed E-state index contributed by atoms with van der Waals surface area (Å²) in [5, 5.41) is 6.62.